The number of aromatic amines is 1. The van der Waals surface area contributed by atoms with Gasteiger partial charge in [-0.2, -0.15) is 13.2 Å². The molecule has 3 aliphatic heterocycles. The molecule has 39 heavy (non-hydrogen) atoms. The van der Waals surface area contributed by atoms with Crippen LogP contribution >= 0.6 is 23.2 Å². The van der Waals surface area contributed by atoms with Gasteiger partial charge in [0.1, 0.15) is 5.82 Å². The smallest absolute Gasteiger partial charge is 0.391 e. The van der Waals surface area contributed by atoms with E-state index in [0.717, 1.165) is 55.7 Å². The minimum atomic E-state index is -4.66. The topological polar surface area (TPSA) is 79.5 Å². The number of pyridine rings is 1. The Balaban J connectivity index is 1.27. The molecule has 3 aliphatic rings. The van der Waals surface area contributed by atoms with Crippen molar-refractivity contribution in [3.63, 3.8) is 0 Å². The van der Waals surface area contributed by atoms with Crippen LogP contribution in [0.4, 0.5) is 19.0 Å². The van der Waals surface area contributed by atoms with Crippen LogP contribution in [-0.2, 0) is 12.6 Å². The fraction of sp³-hybridized carbons (Fsp3) is 0.519. The van der Waals surface area contributed by atoms with Gasteiger partial charge in [-0.1, -0.05) is 23.2 Å². The molecule has 0 saturated carbocycles. The number of alkyl halides is 3. The number of H-pyrrole nitrogens is 1. The van der Waals surface area contributed by atoms with Crippen molar-refractivity contribution in [1.82, 2.24) is 25.5 Å². The van der Waals surface area contributed by atoms with Gasteiger partial charge in [0.25, 0.3) is 0 Å². The number of halogens is 5. The van der Waals surface area contributed by atoms with Gasteiger partial charge in [0.2, 0.25) is 0 Å². The number of aliphatic hydroxyl groups is 1. The second kappa shape index (κ2) is 10.7. The molecule has 0 spiro atoms. The van der Waals surface area contributed by atoms with Gasteiger partial charge < -0.3 is 25.6 Å². The Hall–Kier alpha value is -2.08. The Morgan fingerprint density at radius 2 is 1.95 bits per heavy atom. The van der Waals surface area contributed by atoms with E-state index in [1.54, 1.807) is 4.90 Å². The van der Waals surface area contributed by atoms with Crippen LogP contribution in [-0.4, -0.2) is 77.9 Å². The molecular formula is C27H31Cl2F3N6O. The average Bonchev–Trinajstić information content (AvgIpc) is 3.40. The number of nitrogens with zero attached hydrogens (tertiary/aromatic N) is 3. The molecule has 1 aromatic carbocycles. The van der Waals surface area contributed by atoms with Crippen molar-refractivity contribution in [3.05, 3.63) is 57.3 Å². The van der Waals surface area contributed by atoms with E-state index in [9.17, 15) is 18.3 Å². The van der Waals surface area contributed by atoms with Crippen LogP contribution in [0.3, 0.4) is 0 Å². The van der Waals surface area contributed by atoms with E-state index in [1.807, 2.05) is 18.2 Å². The lowest BCUT2D eigenvalue weighted by atomic mass is 9.96. The number of hydrogen-bond acceptors (Lipinski definition) is 6. The van der Waals surface area contributed by atoms with Crippen molar-refractivity contribution >= 4 is 39.9 Å². The highest BCUT2D eigenvalue weighted by Gasteiger charge is 2.40. The normalized spacial score (nSPS) is 24.4. The summed E-state index contributed by atoms with van der Waals surface area (Å²) in [4.78, 5) is 11.7. The molecule has 0 aliphatic carbocycles. The van der Waals surface area contributed by atoms with Gasteiger partial charge in [-0.3, -0.25) is 4.90 Å². The van der Waals surface area contributed by atoms with Crippen LogP contribution in [0.2, 0.25) is 10.0 Å². The lowest BCUT2D eigenvalue weighted by Gasteiger charge is -2.40. The minimum Gasteiger partial charge on any atom is -0.391 e. The molecule has 3 atom stereocenters. The summed E-state index contributed by atoms with van der Waals surface area (Å²) in [6, 6.07) is 8.47. The van der Waals surface area contributed by atoms with Crippen LogP contribution in [0.15, 0.2) is 30.3 Å². The zero-order valence-electron chi connectivity index (χ0n) is 21.2. The predicted octanol–water partition coefficient (Wildman–Crippen LogP) is 4.24. The highest BCUT2D eigenvalue weighted by Crippen LogP contribution is 2.38. The summed E-state index contributed by atoms with van der Waals surface area (Å²) in [5.74, 6) is 0.792. The van der Waals surface area contributed by atoms with Crippen molar-refractivity contribution < 1.29 is 18.3 Å². The molecule has 0 bridgehead atoms. The quantitative estimate of drug-likeness (QED) is 0.334. The third-order valence-corrected chi connectivity index (χ3v) is 8.73. The molecule has 6 rings (SSSR count). The van der Waals surface area contributed by atoms with Gasteiger partial charge in [0, 0.05) is 73.5 Å². The summed E-state index contributed by atoms with van der Waals surface area (Å²) in [6.45, 7) is 5.26. The Morgan fingerprint density at radius 1 is 1.13 bits per heavy atom. The van der Waals surface area contributed by atoms with Crippen molar-refractivity contribution in [2.75, 3.05) is 50.7 Å². The highest BCUT2D eigenvalue weighted by molar-refractivity contribution is 6.31. The van der Waals surface area contributed by atoms with Gasteiger partial charge in [0.15, 0.2) is 5.69 Å². The largest absolute Gasteiger partial charge is 0.434 e. The summed E-state index contributed by atoms with van der Waals surface area (Å²) in [5, 5.41) is 18.9. The molecule has 0 radical (unpaired) electrons. The number of hydrogen-bond donors (Lipinski definition) is 4. The van der Waals surface area contributed by atoms with Crippen LogP contribution in [0.5, 0.6) is 0 Å². The fourth-order valence-corrected chi connectivity index (χ4v) is 6.55. The predicted molar refractivity (Wildman–Crippen MR) is 147 cm³/mol. The lowest BCUT2D eigenvalue weighted by Crippen LogP contribution is -2.50. The second-order valence-corrected chi connectivity index (χ2v) is 11.7. The molecule has 210 valence electrons. The molecule has 12 heteroatoms. The van der Waals surface area contributed by atoms with Crippen molar-refractivity contribution in [1.29, 1.82) is 0 Å². The van der Waals surface area contributed by atoms with Crippen LogP contribution < -0.4 is 15.5 Å². The number of fused-ring (bicyclic) bond motifs is 3. The Kier molecular flexibility index (Phi) is 7.45. The fourth-order valence-electron chi connectivity index (χ4n) is 6.16. The number of rotatable bonds is 7. The first kappa shape index (κ1) is 27.1. The van der Waals surface area contributed by atoms with Crippen LogP contribution in [0.25, 0.3) is 10.9 Å². The summed E-state index contributed by atoms with van der Waals surface area (Å²) < 4.78 is 40.6. The highest BCUT2D eigenvalue weighted by atomic mass is 35.5. The zero-order valence-corrected chi connectivity index (χ0v) is 22.8. The molecule has 5 heterocycles. The molecule has 2 saturated heterocycles. The van der Waals surface area contributed by atoms with E-state index in [-0.39, 0.29) is 24.4 Å². The Bertz CT molecular complexity index is 1350. The number of β-amino-alcohol motifs (C(OH)–C–C–N with tert-alkyl or cyclic N) is 1. The van der Waals surface area contributed by atoms with Crippen molar-refractivity contribution in [2.45, 2.75) is 37.2 Å². The first-order chi connectivity index (χ1) is 18.7. The first-order valence-electron chi connectivity index (χ1n) is 13.3. The third kappa shape index (κ3) is 5.47. The van der Waals surface area contributed by atoms with Crippen LogP contribution in [0.1, 0.15) is 29.4 Å². The van der Waals surface area contributed by atoms with E-state index in [0.29, 0.717) is 23.9 Å². The molecular weight excluding hydrogens is 552 g/mol. The zero-order chi connectivity index (χ0) is 27.3. The lowest BCUT2D eigenvalue weighted by molar-refractivity contribution is -0.141. The molecule has 4 N–H and O–H groups in total. The SMILES string of the molecule is O[C@@H]1C[C@@H](CN2CCc3c([nH]c4ccc(Cl)cc34)C2CNCC2CNC2)N(c2ccc(Cl)c(C(F)(F)F)n2)C1. The number of aromatic nitrogens is 2. The monoisotopic (exact) mass is 582 g/mol. The maximum absolute atomic E-state index is 13.5. The van der Waals surface area contributed by atoms with Crippen molar-refractivity contribution in [3.8, 4) is 0 Å². The number of nitrogens with one attached hydrogen (secondary N) is 3. The number of aliphatic hydroxyl groups excluding tert-OH is 1. The van der Waals surface area contributed by atoms with Gasteiger partial charge in [-0.25, -0.2) is 4.98 Å². The second-order valence-electron chi connectivity index (χ2n) is 10.8. The van der Waals surface area contributed by atoms with E-state index >= 15 is 0 Å². The standard InChI is InChI=1S/C27H31Cl2F3N6O/c28-16-1-3-22-20(7-16)19-5-6-37(23(25(19)35-22)12-34-11-15-9-33-10-15)13-17-8-18(39)14-38(17)24-4-2-21(29)26(36-24)27(30,31)32/h1-4,7,15,17-18,23,33-35,39H,5-6,8-14H2/t17-,18+,23?/m0/s1. The molecule has 2 fully saturated rings. The average molecular weight is 583 g/mol. The third-order valence-electron chi connectivity index (χ3n) is 8.19. The minimum absolute atomic E-state index is 0.0384. The number of anilines is 1. The van der Waals surface area contributed by atoms with E-state index in [2.05, 4.69) is 25.5 Å². The summed E-state index contributed by atoms with van der Waals surface area (Å²) in [5.41, 5.74) is 2.35. The number of benzene rings is 1. The van der Waals surface area contributed by atoms with Crippen LogP contribution in [0, 0.1) is 5.92 Å². The molecule has 0 amide bonds. The Morgan fingerprint density at radius 3 is 2.69 bits per heavy atom. The van der Waals surface area contributed by atoms with Gasteiger partial charge >= 0.3 is 6.18 Å². The maximum atomic E-state index is 13.5. The first-order valence-corrected chi connectivity index (χ1v) is 14.1. The Labute approximate surface area is 234 Å². The summed E-state index contributed by atoms with van der Waals surface area (Å²) in [7, 11) is 0. The van der Waals surface area contributed by atoms with E-state index in [1.165, 1.54) is 17.7 Å². The summed E-state index contributed by atoms with van der Waals surface area (Å²) in [6.07, 6.45) is -4.04. The molecule has 2 aromatic heterocycles. The van der Waals surface area contributed by atoms with E-state index < -0.39 is 23.0 Å². The van der Waals surface area contributed by atoms with Gasteiger partial charge in [-0.15, -0.1) is 0 Å². The van der Waals surface area contributed by atoms with Gasteiger partial charge in [0.05, 0.1) is 17.2 Å². The van der Waals surface area contributed by atoms with Crippen molar-refractivity contribution in [2.24, 2.45) is 5.92 Å². The van der Waals surface area contributed by atoms with Gasteiger partial charge in [-0.05, 0) is 54.7 Å². The molecule has 1 unspecified atom stereocenters. The maximum Gasteiger partial charge on any atom is 0.434 e. The summed E-state index contributed by atoms with van der Waals surface area (Å²) >= 11 is 12.1. The molecule has 3 aromatic rings. The van der Waals surface area contributed by atoms with E-state index in [4.69, 9.17) is 23.2 Å². The molecule has 7 nitrogen and oxygen atoms in total.